The van der Waals surface area contributed by atoms with E-state index in [1.54, 1.807) is 6.26 Å². The topological polar surface area (TPSA) is 56.2 Å². The van der Waals surface area contributed by atoms with Gasteiger partial charge in [0.25, 0.3) is 0 Å². The lowest BCUT2D eigenvalue weighted by Crippen LogP contribution is -2.08. The number of carbonyl (C=O) groups is 1. The summed E-state index contributed by atoms with van der Waals surface area (Å²) in [5, 5.41) is 0. The zero-order chi connectivity index (χ0) is 8.27. The van der Waals surface area contributed by atoms with Gasteiger partial charge in [0.15, 0.2) is 5.78 Å². The van der Waals surface area contributed by atoms with Crippen molar-refractivity contribution in [3.8, 4) is 0 Å². The van der Waals surface area contributed by atoms with E-state index >= 15 is 0 Å². The minimum absolute atomic E-state index is 0.0544. The first-order valence-electron chi connectivity index (χ1n) is 3.51. The molecule has 0 saturated heterocycles. The number of rotatable bonds is 3. The number of ketones is 1. The van der Waals surface area contributed by atoms with Crippen molar-refractivity contribution in [2.24, 2.45) is 5.73 Å². The van der Waals surface area contributed by atoms with Gasteiger partial charge in [0, 0.05) is 6.42 Å². The lowest BCUT2D eigenvalue weighted by Gasteiger charge is -1.93. The second-order valence-corrected chi connectivity index (χ2v) is 2.43. The maximum Gasteiger partial charge on any atom is 0.167 e. The SMILES string of the molecule is Cc1cocc1C(=O)CCN. The van der Waals surface area contributed by atoms with Crippen LogP contribution >= 0.6 is 0 Å². The molecule has 3 nitrogen and oxygen atoms in total. The summed E-state index contributed by atoms with van der Waals surface area (Å²) < 4.78 is 4.85. The summed E-state index contributed by atoms with van der Waals surface area (Å²) in [5.41, 5.74) is 6.76. The fraction of sp³-hybridized carbons (Fsp3) is 0.375. The van der Waals surface area contributed by atoms with Crippen molar-refractivity contribution >= 4 is 5.78 Å². The smallest absolute Gasteiger partial charge is 0.167 e. The fourth-order valence-electron chi connectivity index (χ4n) is 0.912. The molecule has 0 bridgehead atoms. The van der Waals surface area contributed by atoms with E-state index in [1.807, 2.05) is 6.92 Å². The summed E-state index contributed by atoms with van der Waals surface area (Å²) in [4.78, 5) is 11.2. The molecule has 1 aromatic rings. The maximum atomic E-state index is 11.2. The molecule has 1 heterocycles. The maximum absolute atomic E-state index is 11.2. The van der Waals surface area contributed by atoms with E-state index in [0.29, 0.717) is 18.5 Å². The van der Waals surface area contributed by atoms with Crippen molar-refractivity contribution in [3.63, 3.8) is 0 Å². The average molecular weight is 153 g/mol. The van der Waals surface area contributed by atoms with E-state index in [0.717, 1.165) is 5.56 Å². The minimum atomic E-state index is 0.0544. The Balaban J connectivity index is 2.76. The quantitative estimate of drug-likeness (QED) is 0.662. The number of Topliss-reactive ketones (excluding diaryl/α,β-unsaturated/α-hetero) is 1. The molecule has 0 aromatic carbocycles. The van der Waals surface area contributed by atoms with Crippen LogP contribution in [0.2, 0.25) is 0 Å². The van der Waals surface area contributed by atoms with E-state index in [1.165, 1.54) is 6.26 Å². The molecule has 0 spiro atoms. The molecule has 1 aromatic heterocycles. The standard InChI is InChI=1S/C8H11NO2/c1-6-4-11-5-7(6)8(10)2-3-9/h4-5H,2-3,9H2,1H3. The Morgan fingerprint density at radius 3 is 2.82 bits per heavy atom. The molecule has 2 N–H and O–H groups in total. The summed E-state index contributed by atoms with van der Waals surface area (Å²) in [5.74, 6) is 0.0544. The summed E-state index contributed by atoms with van der Waals surface area (Å²) in [6.45, 7) is 2.23. The van der Waals surface area contributed by atoms with Crippen LogP contribution in [0.5, 0.6) is 0 Å². The van der Waals surface area contributed by atoms with Gasteiger partial charge in [-0.15, -0.1) is 0 Å². The van der Waals surface area contributed by atoms with Crippen LogP contribution in [0.25, 0.3) is 0 Å². The van der Waals surface area contributed by atoms with Crippen LogP contribution in [0.4, 0.5) is 0 Å². The molecule has 3 heteroatoms. The average Bonchev–Trinajstić information content (AvgIpc) is 2.36. The molecule has 0 radical (unpaired) electrons. The molecule has 0 fully saturated rings. The van der Waals surface area contributed by atoms with Gasteiger partial charge in [0.2, 0.25) is 0 Å². The van der Waals surface area contributed by atoms with Gasteiger partial charge in [0.1, 0.15) is 6.26 Å². The highest BCUT2D eigenvalue weighted by atomic mass is 16.3. The van der Waals surface area contributed by atoms with Crippen molar-refractivity contribution in [3.05, 3.63) is 23.7 Å². The molecule has 0 aliphatic carbocycles. The molecule has 0 unspecified atom stereocenters. The largest absolute Gasteiger partial charge is 0.472 e. The van der Waals surface area contributed by atoms with Crippen molar-refractivity contribution < 1.29 is 9.21 Å². The number of furan rings is 1. The third-order valence-corrected chi connectivity index (χ3v) is 1.53. The second-order valence-electron chi connectivity index (χ2n) is 2.43. The Bertz CT molecular complexity index is 252. The highest BCUT2D eigenvalue weighted by Crippen LogP contribution is 2.10. The van der Waals surface area contributed by atoms with E-state index in [-0.39, 0.29) is 5.78 Å². The molecular weight excluding hydrogens is 142 g/mol. The first-order chi connectivity index (χ1) is 5.25. The Kier molecular flexibility index (Phi) is 2.44. The predicted octanol–water partition coefficient (Wildman–Crippen LogP) is 1.12. The van der Waals surface area contributed by atoms with E-state index < -0.39 is 0 Å². The first kappa shape index (κ1) is 8.01. The van der Waals surface area contributed by atoms with Gasteiger partial charge in [-0.05, 0) is 19.0 Å². The number of hydrogen-bond acceptors (Lipinski definition) is 3. The van der Waals surface area contributed by atoms with Crippen LogP contribution in [-0.2, 0) is 0 Å². The van der Waals surface area contributed by atoms with Crippen LogP contribution in [0.1, 0.15) is 22.3 Å². The molecule has 0 aliphatic heterocycles. The molecule has 0 amide bonds. The fourth-order valence-corrected chi connectivity index (χ4v) is 0.912. The highest BCUT2D eigenvalue weighted by Gasteiger charge is 2.08. The monoisotopic (exact) mass is 153 g/mol. The minimum Gasteiger partial charge on any atom is -0.472 e. The Labute approximate surface area is 65.2 Å². The lowest BCUT2D eigenvalue weighted by atomic mass is 10.1. The normalized spacial score (nSPS) is 10.0. The molecule has 60 valence electrons. The van der Waals surface area contributed by atoms with Gasteiger partial charge in [-0.25, -0.2) is 0 Å². The lowest BCUT2D eigenvalue weighted by molar-refractivity contribution is 0.0984. The van der Waals surface area contributed by atoms with Gasteiger partial charge in [-0.1, -0.05) is 0 Å². The third kappa shape index (κ3) is 1.68. The van der Waals surface area contributed by atoms with Gasteiger partial charge < -0.3 is 10.2 Å². The molecule has 0 aliphatic rings. The molecule has 0 saturated carbocycles. The zero-order valence-corrected chi connectivity index (χ0v) is 6.46. The van der Waals surface area contributed by atoms with Crippen molar-refractivity contribution in [1.29, 1.82) is 0 Å². The van der Waals surface area contributed by atoms with Crippen molar-refractivity contribution in [1.82, 2.24) is 0 Å². The van der Waals surface area contributed by atoms with Crippen molar-refractivity contribution in [2.45, 2.75) is 13.3 Å². The second kappa shape index (κ2) is 3.34. The van der Waals surface area contributed by atoms with Crippen LogP contribution < -0.4 is 5.73 Å². The summed E-state index contributed by atoms with van der Waals surface area (Å²) in [7, 11) is 0. The third-order valence-electron chi connectivity index (χ3n) is 1.53. The van der Waals surface area contributed by atoms with Crippen LogP contribution in [0, 0.1) is 6.92 Å². The Hall–Kier alpha value is -1.09. The number of carbonyl (C=O) groups excluding carboxylic acids is 1. The molecule has 11 heavy (non-hydrogen) atoms. The van der Waals surface area contributed by atoms with E-state index in [2.05, 4.69) is 0 Å². The zero-order valence-electron chi connectivity index (χ0n) is 6.46. The number of aryl methyl sites for hydroxylation is 1. The van der Waals surface area contributed by atoms with E-state index in [9.17, 15) is 4.79 Å². The van der Waals surface area contributed by atoms with Crippen molar-refractivity contribution in [2.75, 3.05) is 6.54 Å². The van der Waals surface area contributed by atoms with Gasteiger partial charge in [-0.3, -0.25) is 4.79 Å². The van der Waals surface area contributed by atoms with Crippen LogP contribution in [-0.4, -0.2) is 12.3 Å². The predicted molar refractivity (Wildman–Crippen MR) is 41.4 cm³/mol. The van der Waals surface area contributed by atoms with Gasteiger partial charge in [0.05, 0.1) is 11.8 Å². The molecule has 0 atom stereocenters. The molecular formula is C8H11NO2. The van der Waals surface area contributed by atoms with Gasteiger partial charge >= 0.3 is 0 Å². The Morgan fingerprint density at radius 2 is 2.36 bits per heavy atom. The Morgan fingerprint density at radius 1 is 1.64 bits per heavy atom. The van der Waals surface area contributed by atoms with E-state index in [4.69, 9.17) is 10.2 Å². The van der Waals surface area contributed by atoms with Crippen LogP contribution in [0.3, 0.4) is 0 Å². The number of hydrogen-bond donors (Lipinski definition) is 1. The highest BCUT2D eigenvalue weighted by molar-refractivity contribution is 5.97. The molecule has 1 rings (SSSR count). The van der Waals surface area contributed by atoms with Crippen LogP contribution in [0.15, 0.2) is 16.9 Å². The summed E-state index contributed by atoms with van der Waals surface area (Å²) in [6, 6.07) is 0. The van der Waals surface area contributed by atoms with Gasteiger partial charge in [-0.2, -0.15) is 0 Å². The summed E-state index contributed by atoms with van der Waals surface area (Å²) in [6.07, 6.45) is 3.41. The summed E-state index contributed by atoms with van der Waals surface area (Å²) >= 11 is 0. The number of nitrogens with two attached hydrogens (primary N) is 1. The first-order valence-corrected chi connectivity index (χ1v) is 3.51.